The predicted molar refractivity (Wildman–Crippen MR) is 72.4 cm³/mol. The molecule has 7 nitrogen and oxygen atoms in total. The zero-order valence-corrected chi connectivity index (χ0v) is 11.4. The van der Waals surface area contributed by atoms with Gasteiger partial charge in [0.1, 0.15) is 11.4 Å². The number of hydrogen-bond acceptors (Lipinski definition) is 6. The van der Waals surface area contributed by atoms with E-state index >= 15 is 0 Å². The van der Waals surface area contributed by atoms with Crippen LogP contribution in [0.1, 0.15) is 10.4 Å². The third kappa shape index (κ3) is 2.25. The first kappa shape index (κ1) is 13.7. The van der Waals surface area contributed by atoms with Gasteiger partial charge < -0.3 is 19.9 Å². The second kappa shape index (κ2) is 5.52. The monoisotopic (exact) mass is 277 g/mol. The smallest absolute Gasteiger partial charge is 0.343 e. The summed E-state index contributed by atoms with van der Waals surface area (Å²) in [5, 5.41) is 4.08. The van der Waals surface area contributed by atoms with Gasteiger partial charge in [0.15, 0.2) is 11.5 Å². The molecule has 2 aromatic rings. The fourth-order valence-corrected chi connectivity index (χ4v) is 1.79. The number of methoxy groups -OCH3 is 3. The first-order valence-electron chi connectivity index (χ1n) is 5.76. The summed E-state index contributed by atoms with van der Waals surface area (Å²) in [6, 6.07) is 5.20. The standard InChI is InChI=1S/C13H15N3O4/c1-18-10-5-4-8(6-11(10)19-2)16-12(14)9(7-15-16)13(17)20-3/h4-7H,14H2,1-3H3. The lowest BCUT2D eigenvalue weighted by Crippen LogP contribution is -2.07. The molecule has 7 heteroatoms. The zero-order chi connectivity index (χ0) is 14.7. The van der Waals surface area contributed by atoms with E-state index in [4.69, 9.17) is 15.2 Å². The molecule has 0 fully saturated rings. The number of hydrogen-bond donors (Lipinski definition) is 1. The van der Waals surface area contributed by atoms with Crippen LogP contribution < -0.4 is 15.2 Å². The third-order valence-corrected chi connectivity index (χ3v) is 2.82. The highest BCUT2D eigenvalue weighted by Gasteiger charge is 2.17. The highest BCUT2D eigenvalue weighted by molar-refractivity contribution is 5.94. The minimum atomic E-state index is -0.533. The van der Waals surface area contributed by atoms with Crippen molar-refractivity contribution in [3.8, 4) is 17.2 Å². The molecule has 1 aromatic heterocycles. The highest BCUT2D eigenvalue weighted by Crippen LogP contribution is 2.30. The molecule has 106 valence electrons. The molecule has 1 heterocycles. The van der Waals surface area contributed by atoms with Crippen molar-refractivity contribution in [2.75, 3.05) is 27.1 Å². The summed E-state index contributed by atoms with van der Waals surface area (Å²) in [6.07, 6.45) is 1.36. The van der Waals surface area contributed by atoms with E-state index in [9.17, 15) is 4.79 Å². The fraction of sp³-hybridized carbons (Fsp3) is 0.231. The molecular formula is C13H15N3O4. The van der Waals surface area contributed by atoms with Crippen LogP contribution in [0.4, 0.5) is 5.82 Å². The molecule has 0 bridgehead atoms. The van der Waals surface area contributed by atoms with Gasteiger partial charge in [-0.1, -0.05) is 0 Å². The van der Waals surface area contributed by atoms with Gasteiger partial charge in [-0.15, -0.1) is 0 Å². The van der Waals surface area contributed by atoms with Crippen molar-refractivity contribution >= 4 is 11.8 Å². The molecule has 0 aliphatic carbocycles. The number of benzene rings is 1. The van der Waals surface area contributed by atoms with Crippen molar-refractivity contribution in [1.82, 2.24) is 9.78 Å². The molecule has 0 radical (unpaired) electrons. The Labute approximate surface area is 115 Å². The van der Waals surface area contributed by atoms with Crippen molar-refractivity contribution in [2.24, 2.45) is 0 Å². The Morgan fingerprint density at radius 3 is 2.50 bits per heavy atom. The van der Waals surface area contributed by atoms with Crippen LogP contribution in [0, 0.1) is 0 Å². The average Bonchev–Trinajstić information content (AvgIpc) is 2.87. The second-order valence-corrected chi connectivity index (χ2v) is 3.89. The van der Waals surface area contributed by atoms with Crippen LogP contribution in [0.5, 0.6) is 11.5 Å². The van der Waals surface area contributed by atoms with E-state index < -0.39 is 5.97 Å². The number of nitrogens with zero attached hydrogens (tertiary/aromatic N) is 2. The Kier molecular flexibility index (Phi) is 3.79. The Bertz CT molecular complexity index is 637. The van der Waals surface area contributed by atoms with Crippen LogP contribution in [-0.4, -0.2) is 37.1 Å². The molecule has 0 saturated carbocycles. The minimum absolute atomic E-state index is 0.198. The number of anilines is 1. The lowest BCUT2D eigenvalue weighted by molar-refractivity contribution is 0.0602. The van der Waals surface area contributed by atoms with Crippen LogP contribution in [0.15, 0.2) is 24.4 Å². The SMILES string of the molecule is COC(=O)c1cnn(-c2ccc(OC)c(OC)c2)c1N. The number of ether oxygens (including phenoxy) is 3. The number of carbonyl (C=O) groups is 1. The molecule has 20 heavy (non-hydrogen) atoms. The summed E-state index contributed by atoms with van der Waals surface area (Å²) in [7, 11) is 4.37. The molecule has 0 amide bonds. The average molecular weight is 277 g/mol. The lowest BCUT2D eigenvalue weighted by Gasteiger charge is -2.10. The largest absolute Gasteiger partial charge is 0.493 e. The predicted octanol–water partition coefficient (Wildman–Crippen LogP) is 1.26. The summed E-state index contributed by atoms with van der Waals surface area (Å²) >= 11 is 0. The third-order valence-electron chi connectivity index (χ3n) is 2.82. The Morgan fingerprint density at radius 1 is 1.20 bits per heavy atom. The summed E-state index contributed by atoms with van der Waals surface area (Å²) < 4.78 is 16.4. The normalized spacial score (nSPS) is 10.2. The molecule has 2 N–H and O–H groups in total. The topological polar surface area (TPSA) is 88.6 Å². The summed E-state index contributed by atoms with van der Waals surface area (Å²) in [4.78, 5) is 11.5. The van der Waals surface area contributed by atoms with Crippen molar-refractivity contribution < 1.29 is 19.0 Å². The Balaban J connectivity index is 2.47. The Morgan fingerprint density at radius 2 is 1.90 bits per heavy atom. The molecule has 0 aliphatic heterocycles. The summed E-state index contributed by atoms with van der Waals surface area (Å²) in [6.45, 7) is 0. The number of esters is 1. The lowest BCUT2D eigenvalue weighted by atomic mass is 10.2. The molecule has 0 saturated heterocycles. The van der Waals surface area contributed by atoms with Gasteiger partial charge in [0.25, 0.3) is 0 Å². The number of nitrogen functional groups attached to an aromatic ring is 1. The van der Waals surface area contributed by atoms with Gasteiger partial charge in [0, 0.05) is 6.07 Å². The minimum Gasteiger partial charge on any atom is -0.493 e. The van der Waals surface area contributed by atoms with Crippen molar-refractivity contribution in [1.29, 1.82) is 0 Å². The number of aromatic nitrogens is 2. The maximum Gasteiger partial charge on any atom is 0.343 e. The molecule has 0 aliphatic rings. The maximum absolute atomic E-state index is 11.5. The number of nitrogens with two attached hydrogens (primary N) is 1. The second-order valence-electron chi connectivity index (χ2n) is 3.89. The van der Waals surface area contributed by atoms with Gasteiger partial charge >= 0.3 is 5.97 Å². The van der Waals surface area contributed by atoms with E-state index in [2.05, 4.69) is 9.84 Å². The molecule has 0 unspecified atom stereocenters. The van der Waals surface area contributed by atoms with Crippen LogP contribution in [0.25, 0.3) is 5.69 Å². The van der Waals surface area contributed by atoms with Crippen LogP contribution >= 0.6 is 0 Å². The van der Waals surface area contributed by atoms with Gasteiger partial charge in [-0.3, -0.25) is 0 Å². The van der Waals surface area contributed by atoms with Gasteiger partial charge in [-0.2, -0.15) is 5.10 Å². The molecule has 2 rings (SSSR count). The van der Waals surface area contributed by atoms with Crippen molar-refractivity contribution in [3.63, 3.8) is 0 Å². The van der Waals surface area contributed by atoms with Crippen LogP contribution in [0.2, 0.25) is 0 Å². The van der Waals surface area contributed by atoms with Crippen LogP contribution in [-0.2, 0) is 4.74 Å². The summed E-state index contributed by atoms with van der Waals surface area (Å²) in [5.74, 6) is 0.799. The fourth-order valence-electron chi connectivity index (χ4n) is 1.79. The maximum atomic E-state index is 11.5. The van der Waals surface area contributed by atoms with Gasteiger partial charge in [0.2, 0.25) is 0 Å². The van der Waals surface area contributed by atoms with E-state index in [1.165, 1.54) is 25.1 Å². The Hall–Kier alpha value is -2.70. The molecule has 0 atom stereocenters. The molecular weight excluding hydrogens is 262 g/mol. The van der Waals surface area contributed by atoms with Gasteiger partial charge in [-0.05, 0) is 12.1 Å². The first-order valence-corrected chi connectivity index (χ1v) is 5.76. The molecule has 1 aromatic carbocycles. The van der Waals surface area contributed by atoms with E-state index in [0.717, 1.165) is 0 Å². The van der Waals surface area contributed by atoms with Crippen LogP contribution in [0.3, 0.4) is 0 Å². The van der Waals surface area contributed by atoms with Gasteiger partial charge in [-0.25, -0.2) is 9.48 Å². The van der Waals surface area contributed by atoms with E-state index in [1.54, 1.807) is 25.3 Å². The van der Waals surface area contributed by atoms with Crippen molar-refractivity contribution in [2.45, 2.75) is 0 Å². The van der Waals surface area contributed by atoms with E-state index in [0.29, 0.717) is 17.2 Å². The van der Waals surface area contributed by atoms with E-state index in [1.807, 2.05) is 0 Å². The molecule has 0 spiro atoms. The zero-order valence-electron chi connectivity index (χ0n) is 11.4. The quantitative estimate of drug-likeness (QED) is 0.846. The van der Waals surface area contributed by atoms with Crippen molar-refractivity contribution in [3.05, 3.63) is 30.0 Å². The first-order chi connectivity index (χ1) is 9.62. The highest BCUT2D eigenvalue weighted by atomic mass is 16.5. The summed E-state index contributed by atoms with van der Waals surface area (Å²) in [5.41, 5.74) is 6.76. The van der Waals surface area contributed by atoms with E-state index in [-0.39, 0.29) is 11.4 Å². The number of rotatable bonds is 4. The van der Waals surface area contributed by atoms with Gasteiger partial charge in [0.05, 0.1) is 33.2 Å². The number of carbonyl (C=O) groups excluding carboxylic acids is 1.